The van der Waals surface area contributed by atoms with E-state index in [1.165, 1.54) is 64.3 Å². The quantitative estimate of drug-likeness (QED) is 0.170. The maximum atomic E-state index is 6.39. The molecule has 0 spiro atoms. The van der Waals surface area contributed by atoms with Gasteiger partial charge in [-0.1, -0.05) is 146 Å². The van der Waals surface area contributed by atoms with Gasteiger partial charge in [-0.15, -0.1) is 11.3 Å². The van der Waals surface area contributed by atoms with Gasteiger partial charge in [0.05, 0.1) is 11.1 Å². The van der Waals surface area contributed by atoms with E-state index in [1.807, 2.05) is 23.5 Å². The molecule has 11 aromatic rings. The summed E-state index contributed by atoms with van der Waals surface area (Å²) in [5, 5.41) is 7.34. The molecule has 3 heteroatoms. The van der Waals surface area contributed by atoms with Crippen molar-refractivity contribution >= 4 is 81.3 Å². The van der Waals surface area contributed by atoms with Crippen molar-refractivity contribution in [3.8, 4) is 33.4 Å². The van der Waals surface area contributed by atoms with Crippen molar-refractivity contribution in [2.45, 2.75) is 0 Å². The van der Waals surface area contributed by atoms with Crippen molar-refractivity contribution in [3.63, 3.8) is 0 Å². The van der Waals surface area contributed by atoms with Crippen LogP contribution in [0.5, 0.6) is 0 Å². The Morgan fingerprint density at radius 3 is 1.71 bits per heavy atom. The molecule has 0 saturated heterocycles. The van der Waals surface area contributed by atoms with Gasteiger partial charge in [0.2, 0.25) is 0 Å². The second-order valence-electron chi connectivity index (χ2n) is 14.1. The first-order valence-electron chi connectivity index (χ1n) is 18.7. The summed E-state index contributed by atoms with van der Waals surface area (Å²) in [5.74, 6) is 0. The SMILES string of the molecule is c1ccc(-c2cccc3cccc(-c4ccc(N(c5ccc(-c6ccc7c(c6)sc6ccccc67)cc5)c5cccc6oc7ccccc7c56)cc4)c23)cc1. The van der Waals surface area contributed by atoms with Crippen molar-refractivity contribution in [1.29, 1.82) is 0 Å². The van der Waals surface area contributed by atoms with Crippen molar-refractivity contribution in [2.75, 3.05) is 4.90 Å². The van der Waals surface area contributed by atoms with Gasteiger partial charge in [-0.2, -0.15) is 0 Å². The molecular weight excluding hydrogens is 687 g/mol. The van der Waals surface area contributed by atoms with Crippen LogP contribution in [0.3, 0.4) is 0 Å². The first kappa shape index (κ1) is 31.6. The van der Waals surface area contributed by atoms with Crippen LogP contribution in [0, 0.1) is 0 Å². The summed E-state index contributed by atoms with van der Waals surface area (Å²) in [6, 6.07) is 72.2. The van der Waals surface area contributed by atoms with E-state index in [1.54, 1.807) is 0 Å². The average Bonchev–Trinajstić information content (AvgIpc) is 3.83. The predicted octanol–water partition coefficient (Wildman–Crippen LogP) is 15.6. The minimum atomic E-state index is 0.873. The Labute approximate surface area is 322 Å². The second kappa shape index (κ2) is 12.9. The van der Waals surface area contributed by atoms with Gasteiger partial charge in [-0.05, 0) is 98.8 Å². The number of benzene rings is 9. The van der Waals surface area contributed by atoms with E-state index in [-0.39, 0.29) is 0 Å². The Hall–Kier alpha value is -6.94. The van der Waals surface area contributed by atoms with Crippen LogP contribution in [0.4, 0.5) is 17.1 Å². The molecule has 0 N–H and O–H groups in total. The molecule has 0 fully saturated rings. The average molecular weight is 720 g/mol. The first-order chi connectivity index (χ1) is 27.3. The van der Waals surface area contributed by atoms with Crippen LogP contribution in [0.2, 0.25) is 0 Å². The largest absolute Gasteiger partial charge is 0.456 e. The van der Waals surface area contributed by atoms with E-state index in [0.717, 1.165) is 39.0 Å². The van der Waals surface area contributed by atoms with Crippen molar-refractivity contribution in [1.82, 2.24) is 0 Å². The molecule has 0 aliphatic carbocycles. The fourth-order valence-electron chi connectivity index (χ4n) is 8.31. The summed E-state index contributed by atoms with van der Waals surface area (Å²) in [6.07, 6.45) is 0. The van der Waals surface area contributed by atoms with Crippen LogP contribution >= 0.6 is 11.3 Å². The molecule has 0 amide bonds. The maximum Gasteiger partial charge on any atom is 0.137 e. The summed E-state index contributed by atoms with van der Waals surface area (Å²) in [7, 11) is 0. The summed E-state index contributed by atoms with van der Waals surface area (Å²) in [5.41, 5.74) is 12.2. The van der Waals surface area contributed by atoms with Gasteiger partial charge in [0.15, 0.2) is 0 Å². The molecule has 0 aliphatic rings. The standard InChI is InChI=1S/C52H33NOS/c1-2-11-35(12-3-1)41-17-8-13-37-14-9-18-42(51(37)41)36-25-30-40(31-26-36)53(46-19-10-21-48-52(46)45-16-4-6-20-47(45)54-48)39-28-23-34(24-29-39)38-27-32-44-43-15-5-7-22-49(43)55-50(44)33-38/h1-33H. The highest BCUT2D eigenvalue weighted by Gasteiger charge is 2.20. The van der Waals surface area contributed by atoms with Crippen LogP contribution in [0.1, 0.15) is 0 Å². The summed E-state index contributed by atoms with van der Waals surface area (Å²) in [4.78, 5) is 2.37. The number of rotatable bonds is 6. The smallest absolute Gasteiger partial charge is 0.137 e. The molecule has 2 aromatic heterocycles. The third-order valence-corrected chi connectivity index (χ3v) is 12.0. The molecule has 0 aliphatic heterocycles. The number of hydrogen-bond acceptors (Lipinski definition) is 3. The lowest BCUT2D eigenvalue weighted by Crippen LogP contribution is -2.10. The van der Waals surface area contributed by atoms with Gasteiger partial charge in [0, 0.05) is 36.9 Å². The van der Waals surface area contributed by atoms with Gasteiger partial charge in [0.1, 0.15) is 11.2 Å². The molecule has 2 nitrogen and oxygen atoms in total. The van der Waals surface area contributed by atoms with Crippen molar-refractivity contribution in [3.05, 3.63) is 200 Å². The summed E-state index contributed by atoms with van der Waals surface area (Å²) in [6.45, 7) is 0. The van der Waals surface area contributed by atoms with E-state index in [2.05, 4.69) is 193 Å². The Kier molecular flexibility index (Phi) is 7.39. The number of nitrogens with zero attached hydrogens (tertiary/aromatic N) is 1. The minimum absolute atomic E-state index is 0.873. The zero-order valence-corrected chi connectivity index (χ0v) is 30.6. The van der Waals surface area contributed by atoms with E-state index in [4.69, 9.17) is 4.42 Å². The van der Waals surface area contributed by atoms with Gasteiger partial charge in [-0.25, -0.2) is 0 Å². The molecule has 0 unspecified atom stereocenters. The van der Waals surface area contributed by atoms with E-state index < -0.39 is 0 Å². The number of anilines is 3. The number of para-hydroxylation sites is 1. The molecule has 0 atom stereocenters. The maximum absolute atomic E-state index is 6.39. The molecule has 0 bridgehead atoms. The highest BCUT2D eigenvalue weighted by molar-refractivity contribution is 7.25. The minimum Gasteiger partial charge on any atom is -0.456 e. The van der Waals surface area contributed by atoms with Crippen molar-refractivity contribution in [2.24, 2.45) is 0 Å². The van der Waals surface area contributed by atoms with E-state index >= 15 is 0 Å². The number of thiophene rings is 1. The topological polar surface area (TPSA) is 16.4 Å². The third kappa shape index (κ3) is 5.32. The fourth-order valence-corrected chi connectivity index (χ4v) is 9.45. The molecule has 11 rings (SSSR count). The predicted molar refractivity (Wildman–Crippen MR) is 235 cm³/mol. The van der Waals surface area contributed by atoms with Crippen LogP contribution in [-0.4, -0.2) is 0 Å². The first-order valence-corrected chi connectivity index (χ1v) is 19.5. The lowest BCUT2D eigenvalue weighted by Gasteiger charge is -2.27. The van der Waals surface area contributed by atoms with Gasteiger partial charge in [0.25, 0.3) is 0 Å². The monoisotopic (exact) mass is 719 g/mol. The highest BCUT2D eigenvalue weighted by atomic mass is 32.1. The number of furan rings is 1. The highest BCUT2D eigenvalue weighted by Crippen LogP contribution is 2.45. The fraction of sp³-hybridized carbons (Fsp3) is 0. The molecule has 2 heterocycles. The zero-order valence-electron chi connectivity index (χ0n) is 29.8. The Balaban J connectivity index is 1.04. The van der Waals surface area contributed by atoms with Gasteiger partial charge in [-0.3, -0.25) is 0 Å². The second-order valence-corrected chi connectivity index (χ2v) is 15.1. The lowest BCUT2D eigenvalue weighted by molar-refractivity contribution is 0.669. The molecule has 0 radical (unpaired) electrons. The Morgan fingerprint density at radius 2 is 0.945 bits per heavy atom. The van der Waals surface area contributed by atoms with E-state index in [0.29, 0.717) is 0 Å². The molecule has 258 valence electrons. The number of hydrogen-bond donors (Lipinski definition) is 0. The normalized spacial score (nSPS) is 11.6. The lowest BCUT2D eigenvalue weighted by atomic mass is 9.91. The van der Waals surface area contributed by atoms with Gasteiger partial charge < -0.3 is 9.32 Å². The third-order valence-electron chi connectivity index (χ3n) is 10.9. The van der Waals surface area contributed by atoms with Crippen molar-refractivity contribution < 1.29 is 4.42 Å². The van der Waals surface area contributed by atoms with Crippen LogP contribution in [0.25, 0.3) is 86.3 Å². The van der Waals surface area contributed by atoms with Gasteiger partial charge >= 0.3 is 0 Å². The molecule has 55 heavy (non-hydrogen) atoms. The summed E-state index contributed by atoms with van der Waals surface area (Å²) >= 11 is 1.86. The Morgan fingerprint density at radius 1 is 0.364 bits per heavy atom. The molecule has 9 aromatic carbocycles. The Bertz CT molecular complexity index is 3190. The zero-order chi connectivity index (χ0) is 36.3. The van der Waals surface area contributed by atoms with Crippen LogP contribution < -0.4 is 4.90 Å². The van der Waals surface area contributed by atoms with Crippen LogP contribution in [-0.2, 0) is 0 Å². The summed E-state index contributed by atoms with van der Waals surface area (Å²) < 4.78 is 9.02. The van der Waals surface area contributed by atoms with E-state index in [9.17, 15) is 0 Å². The molecular formula is C52H33NOS. The van der Waals surface area contributed by atoms with Crippen LogP contribution in [0.15, 0.2) is 205 Å². The molecule has 0 saturated carbocycles. The number of fused-ring (bicyclic) bond motifs is 7.